The first-order chi connectivity index (χ1) is 18.8. The zero-order valence-corrected chi connectivity index (χ0v) is 24.6. The number of phenols is 1. The van der Waals surface area contributed by atoms with Gasteiger partial charge in [0.25, 0.3) is 0 Å². The van der Waals surface area contributed by atoms with Gasteiger partial charge < -0.3 is 32.1 Å². The number of halogens is 1. The number of nitrogens with two attached hydrogens (primary N) is 1. The van der Waals surface area contributed by atoms with E-state index in [1.165, 1.54) is 19.1 Å². The van der Waals surface area contributed by atoms with Crippen LogP contribution < -0.4 is 27.0 Å². The van der Waals surface area contributed by atoms with E-state index in [1.807, 2.05) is 6.07 Å². The molecule has 3 atom stereocenters. The number of benzene rings is 2. The van der Waals surface area contributed by atoms with Crippen LogP contribution in [0.25, 0.3) is 0 Å². The quantitative estimate of drug-likeness (QED) is 0.146. The maximum atomic E-state index is 12.8. The third-order valence-corrected chi connectivity index (χ3v) is 6.86. The zero-order valence-electron chi connectivity index (χ0n) is 23.0. The zero-order chi connectivity index (χ0) is 29.7. The monoisotopic (exact) mass is 611 g/mol. The van der Waals surface area contributed by atoms with Crippen LogP contribution in [0.4, 0.5) is 0 Å². The Morgan fingerprint density at radius 1 is 0.854 bits per heavy atom. The first-order valence-electron chi connectivity index (χ1n) is 12.7. The fraction of sp³-hybridized carbons (Fsp3) is 0.407. The molecule has 0 aromatic heterocycles. The van der Waals surface area contributed by atoms with E-state index < -0.39 is 58.1 Å². The lowest BCUT2D eigenvalue weighted by Gasteiger charge is -2.20. The van der Waals surface area contributed by atoms with Crippen molar-refractivity contribution in [2.75, 3.05) is 25.1 Å². The number of hydrogen-bond donors (Lipinski definition) is 6. The summed E-state index contributed by atoms with van der Waals surface area (Å²) >= 11 is 0. The summed E-state index contributed by atoms with van der Waals surface area (Å²) in [5.74, 6) is -2.28. The minimum absolute atomic E-state index is 0. The highest BCUT2D eigenvalue weighted by Crippen LogP contribution is 2.11. The van der Waals surface area contributed by atoms with Crippen LogP contribution in [-0.4, -0.2) is 80.4 Å². The van der Waals surface area contributed by atoms with Gasteiger partial charge in [0.05, 0.1) is 18.3 Å². The molecule has 2 aromatic rings. The van der Waals surface area contributed by atoms with Gasteiger partial charge in [-0.25, -0.2) is 8.42 Å². The summed E-state index contributed by atoms with van der Waals surface area (Å²) in [6.45, 7) is 1.13. The molecule has 0 fully saturated rings. The third kappa shape index (κ3) is 14.0. The van der Waals surface area contributed by atoms with E-state index >= 15 is 0 Å². The van der Waals surface area contributed by atoms with Gasteiger partial charge in [0.1, 0.15) is 27.7 Å². The summed E-state index contributed by atoms with van der Waals surface area (Å²) in [5, 5.41) is 19.5. The second-order valence-electron chi connectivity index (χ2n) is 9.51. The topological polar surface area (TPSA) is 197 Å². The Bertz CT molecular complexity index is 1260. The summed E-state index contributed by atoms with van der Waals surface area (Å²) in [6, 6.07) is 12.4. The van der Waals surface area contributed by atoms with Crippen molar-refractivity contribution >= 4 is 45.9 Å². The smallest absolute Gasteiger partial charge is 0.242 e. The summed E-state index contributed by atoms with van der Waals surface area (Å²) in [7, 11) is -3.16. The first-order valence-corrected chi connectivity index (χ1v) is 14.8. The maximum Gasteiger partial charge on any atom is 0.242 e. The van der Waals surface area contributed by atoms with Crippen molar-refractivity contribution in [3.05, 3.63) is 65.7 Å². The largest absolute Gasteiger partial charge is 0.508 e. The summed E-state index contributed by atoms with van der Waals surface area (Å²) < 4.78 is 22.6. The van der Waals surface area contributed by atoms with Crippen molar-refractivity contribution in [1.82, 2.24) is 21.3 Å². The van der Waals surface area contributed by atoms with Gasteiger partial charge in [-0.3, -0.25) is 19.2 Å². The molecule has 0 saturated carbocycles. The Labute approximate surface area is 246 Å². The summed E-state index contributed by atoms with van der Waals surface area (Å²) in [4.78, 5) is 50.2. The van der Waals surface area contributed by atoms with Gasteiger partial charge in [-0.2, -0.15) is 0 Å². The Morgan fingerprint density at radius 3 is 2.07 bits per heavy atom. The normalized spacial score (nSPS) is 13.0. The fourth-order valence-corrected chi connectivity index (χ4v) is 4.33. The Morgan fingerprint density at radius 2 is 1.46 bits per heavy atom. The number of hydrogen-bond acceptors (Lipinski definition) is 8. The van der Waals surface area contributed by atoms with Crippen LogP contribution in [0.3, 0.4) is 0 Å². The SMILES string of the molecule is C[C@@H](NC(=O)[C@@H](N)Cc1ccc(O)cc1)C(=O)NCC(=O)N[C@@H](Cc1ccccc1)C(=O)NCCCS(C)(=O)=O.Cl. The van der Waals surface area contributed by atoms with E-state index in [2.05, 4.69) is 21.3 Å². The molecule has 0 bridgehead atoms. The van der Waals surface area contributed by atoms with Crippen LogP contribution in [0.15, 0.2) is 54.6 Å². The predicted molar refractivity (Wildman–Crippen MR) is 157 cm³/mol. The molecule has 0 spiro atoms. The van der Waals surface area contributed by atoms with Gasteiger partial charge in [0.15, 0.2) is 0 Å². The van der Waals surface area contributed by atoms with E-state index in [9.17, 15) is 32.7 Å². The molecule has 2 aromatic carbocycles. The maximum absolute atomic E-state index is 12.8. The third-order valence-electron chi connectivity index (χ3n) is 5.83. The molecule has 4 amide bonds. The number of aromatic hydroxyl groups is 1. The lowest BCUT2D eigenvalue weighted by atomic mass is 10.1. The number of rotatable bonds is 15. The number of phenolic OH excluding ortho intramolecular Hbond substituents is 1. The molecule has 0 heterocycles. The van der Waals surface area contributed by atoms with Crippen LogP contribution in [0.1, 0.15) is 24.5 Å². The molecule has 41 heavy (non-hydrogen) atoms. The first kappa shape index (κ1) is 35.3. The van der Waals surface area contributed by atoms with Crippen molar-refractivity contribution < 1.29 is 32.7 Å². The lowest BCUT2D eigenvalue weighted by molar-refractivity contribution is -0.131. The molecule has 2 rings (SSSR count). The number of sulfone groups is 1. The van der Waals surface area contributed by atoms with Crippen molar-refractivity contribution in [2.24, 2.45) is 5.73 Å². The van der Waals surface area contributed by atoms with Gasteiger partial charge in [-0.1, -0.05) is 42.5 Å². The highest BCUT2D eigenvalue weighted by atomic mass is 35.5. The van der Waals surface area contributed by atoms with E-state index in [1.54, 1.807) is 36.4 Å². The molecule has 226 valence electrons. The van der Waals surface area contributed by atoms with E-state index in [4.69, 9.17) is 5.73 Å². The molecular weight excluding hydrogens is 574 g/mol. The molecule has 0 radical (unpaired) electrons. The van der Waals surface area contributed by atoms with E-state index in [-0.39, 0.29) is 49.7 Å². The van der Waals surface area contributed by atoms with E-state index in [0.29, 0.717) is 0 Å². The molecule has 0 unspecified atom stereocenters. The van der Waals surface area contributed by atoms with Crippen LogP contribution >= 0.6 is 12.4 Å². The van der Waals surface area contributed by atoms with Crippen LogP contribution in [0, 0.1) is 0 Å². The Hall–Kier alpha value is -3.68. The van der Waals surface area contributed by atoms with Crippen molar-refractivity contribution in [3.8, 4) is 5.75 Å². The van der Waals surface area contributed by atoms with Crippen LogP contribution in [0.2, 0.25) is 0 Å². The average Bonchev–Trinajstić information content (AvgIpc) is 2.90. The van der Waals surface area contributed by atoms with Crippen LogP contribution in [-0.2, 0) is 41.9 Å². The highest BCUT2D eigenvalue weighted by molar-refractivity contribution is 7.90. The molecule has 12 nitrogen and oxygen atoms in total. The average molecular weight is 612 g/mol. The van der Waals surface area contributed by atoms with Crippen molar-refractivity contribution in [3.63, 3.8) is 0 Å². The molecule has 0 aliphatic carbocycles. The number of carbonyl (C=O) groups excluding carboxylic acids is 4. The second-order valence-corrected chi connectivity index (χ2v) is 11.8. The second kappa shape index (κ2) is 17.2. The summed E-state index contributed by atoms with van der Waals surface area (Å²) in [5.41, 5.74) is 7.46. The number of amides is 4. The molecule has 14 heteroatoms. The van der Waals surface area contributed by atoms with E-state index in [0.717, 1.165) is 17.4 Å². The lowest BCUT2D eigenvalue weighted by Crippen LogP contribution is -2.53. The summed E-state index contributed by atoms with van der Waals surface area (Å²) in [6.07, 6.45) is 1.72. The Kier molecular flexibility index (Phi) is 14.8. The minimum atomic E-state index is -3.16. The molecular formula is C27H38ClN5O7S. The van der Waals surface area contributed by atoms with Crippen molar-refractivity contribution in [2.45, 2.75) is 44.3 Å². The molecule has 0 saturated heterocycles. The van der Waals surface area contributed by atoms with Gasteiger partial charge in [-0.15, -0.1) is 12.4 Å². The van der Waals surface area contributed by atoms with Gasteiger partial charge in [-0.05, 0) is 43.0 Å². The molecule has 7 N–H and O–H groups in total. The molecule has 0 aliphatic rings. The van der Waals surface area contributed by atoms with Crippen molar-refractivity contribution in [1.29, 1.82) is 0 Å². The van der Waals surface area contributed by atoms with Crippen LogP contribution in [0.5, 0.6) is 5.75 Å². The Balaban J connectivity index is 0.00000840. The molecule has 0 aliphatic heterocycles. The standard InChI is InChI=1S/C27H37N5O7S.ClH/c1-18(31-26(36)22(28)15-20-9-11-21(33)12-10-20)25(35)30-17-24(34)32-23(16-19-7-4-3-5-8-19)27(37)29-13-6-14-40(2,38)39;/h3-5,7-12,18,22-23,33H,6,13-17,28H2,1-2H3,(H,29,37)(H,30,35)(H,31,36)(H,32,34);1H/t18-,22+,23+;/m1./s1. The fourth-order valence-electron chi connectivity index (χ4n) is 3.66. The van der Waals surface area contributed by atoms with Gasteiger partial charge in [0, 0.05) is 19.2 Å². The van der Waals surface area contributed by atoms with Gasteiger partial charge in [0.2, 0.25) is 23.6 Å². The minimum Gasteiger partial charge on any atom is -0.508 e. The van der Waals surface area contributed by atoms with Gasteiger partial charge >= 0.3 is 0 Å². The predicted octanol–water partition coefficient (Wildman–Crippen LogP) is -0.417. The number of nitrogens with one attached hydrogen (secondary N) is 4. The highest BCUT2D eigenvalue weighted by Gasteiger charge is 2.23. The number of carbonyl (C=O) groups is 4.